The lowest BCUT2D eigenvalue weighted by atomic mass is 9.90. The van der Waals surface area contributed by atoms with Gasteiger partial charge in [-0.25, -0.2) is 0 Å². The molecule has 0 saturated carbocycles. The summed E-state index contributed by atoms with van der Waals surface area (Å²) in [4.78, 5) is 37.2. The van der Waals surface area contributed by atoms with Crippen LogP contribution in [0.15, 0.2) is 42.5 Å². The molecule has 1 aliphatic rings. The zero-order chi connectivity index (χ0) is 23.3. The summed E-state index contributed by atoms with van der Waals surface area (Å²) in [5.74, 6) is 0.319. The summed E-state index contributed by atoms with van der Waals surface area (Å²) >= 11 is 0. The fourth-order valence-electron chi connectivity index (χ4n) is 3.76. The van der Waals surface area contributed by atoms with Crippen LogP contribution in [0.3, 0.4) is 0 Å². The zero-order valence-electron chi connectivity index (χ0n) is 18.1. The molecule has 1 atom stereocenters. The monoisotopic (exact) mass is 440 g/mol. The van der Waals surface area contributed by atoms with E-state index >= 15 is 0 Å². The number of hydrogen-bond donors (Lipinski definition) is 0. The molecule has 32 heavy (non-hydrogen) atoms. The number of methoxy groups -OCH3 is 3. The van der Waals surface area contributed by atoms with Crippen molar-refractivity contribution in [2.75, 3.05) is 27.9 Å². The number of nitro groups is 1. The highest BCUT2D eigenvalue weighted by Crippen LogP contribution is 2.39. The van der Waals surface area contributed by atoms with Crippen molar-refractivity contribution in [1.29, 1.82) is 0 Å². The number of nitro benzene ring substituents is 1. The Labute approximate surface area is 185 Å². The van der Waals surface area contributed by atoms with E-state index in [1.165, 1.54) is 38.5 Å². The molecule has 0 aromatic heterocycles. The van der Waals surface area contributed by atoms with Crippen molar-refractivity contribution in [3.8, 4) is 11.5 Å². The second-order valence-electron chi connectivity index (χ2n) is 7.17. The molecule has 0 radical (unpaired) electrons. The van der Waals surface area contributed by atoms with Crippen LogP contribution in [0.2, 0.25) is 0 Å². The Morgan fingerprint density at radius 1 is 1.16 bits per heavy atom. The van der Waals surface area contributed by atoms with Gasteiger partial charge in [0, 0.05) is 24.8 Å². The lowest BCUT2D eigenvalue weighted by molar-refractivity contribution is -0.384. The van der Waals surface area contributed by atoms with E-state index in [1.54, 1.807) is 30.2 Å². The summed E-state index contributed by atoms with van der Waals surface area (Å²) in [5, 5.41) is 11.0. The van der Waals surface area contributed by atoms with Crippen molar-refractivity contribution in [2.24, 2.45) is 0 Å². The van der Waals surface area contributed by atoms with Crippen molar-refractivity contribution in [2.45, 2.75) is 18.9 Å². The van der Waals surface area contributed by atoms with Gasteiger partial charge in [-0.05, 0) is 41.3 Å². The highest BCUT2D eigenvalue weighted by molar-refractivity contribution is 5.92. The Hall–Kier alpha value is -3.88. The summed E-state index contributed by atoms with van der Waals surface area (Å²) in [7, 11) is 4.37. The maximum atomic E-state index is 13.1. The van der Waals surface area contributed by atoms with Gasteiger partial charge in [-0.1, -0.05) is 12.1 Å². The van der Waals surface area contributed by atoms with Gasteiger partial charge in [0.1, 0.15) is 0 Å². The van der Waals surface area contributed by atoms with Crippen molar-refractivity contribution in [1.82, 2.24) is 4.90 Å². The first kappa shape index (κ1) is 22.8. The molecular formula is C23H24N2O7. The molecule has 3 rings (SSSR count). The quantitative estimate of drug-likeness (QED) is 0.281. The molecule has 0 aliphatic carbocycles. The van der Waals surface area contributed by atoms with E-state index in [9.17, 15) is 19.7 Å². The minimum absolute atomic E-state index is 0.0185. The van der Waals surface area contributed by atoms with Gasteiger partial charge in [-0.2, -0.15) is 0 Å². The minimum Gasteiger partial charge on any atom is -0.493 e. The van der Waals surface area contributed by atoms with Crippen LogP contribution in [-0.4, -0.2) is 49.6 Å². The third-order valence-corrected chi connectivity index (χ3v) is 5.37. The number of rotatable bonds is 7. The summed E-state index contributed by atoms with van der Waals surface area (Å²) < 4.78 is 15.6. The maximum Gasteiger partial charge on any atom is 0.307 e. The molecule has 1 aliphatic heterocycles. The Morgan fingerprint density at radius 3 is 2.53 bits per heavy atom. The fourth-order valence-corrected chi connectivity index (χ4v) is 3.76. The van der Waals surface area contributed by atoms with Crippen molar-refractivity contribution in [3.63, 3.8) is 0 Å². The van der Waals surface area contributed by atoms with E-state index in [1.807, 2.05) is 6.07 Å². The lowest BCUT2D eigenvalue weighted by Gasteiger charge is -2.36. The Bertz CT molecular complexity index is 1060. The standard InChI is InChI=1S/C23H24N2O7/c1-30-20-12-16-9-10-24(19(14-23(27)32-3)18(16)13-21(20)31-2)22(26)8-7-15-5-4-6-17(11-15)25(28)29/h4-8,11-13,19H,9-10,14H2,1-3H3/b8-7+. The largest absolute Gasteiger partial charge is 0.493 e. The van der Waals surface area contributed by atoms with Gasteiger partial charge in [0.2, 0.25) is 5.91 Å². The summed E-state index contributed by atoms with van der Waals surface area (Å²) in [6, 6.07) is 9.09. The van der Waals surface area contributed by atoms with E-state index in [0.29, 0.717) is 30.0 Å². The van der Waals surface area contributed by atoms with Crippen LogP contribution in [0.1, 0.15) is 29.2 Å². The van der Waals surface area contributed by atoms with Crippen LogP contribution >= 0.6 is 0 Å². The molecule has 1 unspecified atom stereocenters. The fraction of sp³-hybridized carbons (Fsp3) is 0.304. The molecule has 0 saturated heterocycles. The van der Waals surface area contributed by atoms with Gasteiger partial charge in [-0.15, -0.1) is 0 Å². The van der Waals surface area contributed by atoms with E-state index < -0.39 is 16.9 Å². The topological polar surface area (TPSA) is 108 Å². The zero-order valence-corrected chi connectivity index (χ0v) is 18.1. The van der Waals surface area contributed by atoms with Crippen LogP contribution in [0, 0.1) is 10.1 Å². The van der Waals surface area contributed by atoms with Gasteiger partial charge in [0.05, 0.1) is 38.7 Å². The highest BCUT2D eigenvalue weighted by Gasteiger charge is 2.33. The molecule has 1 heterocycles. The predicted octanol–water partition coefficient (Wildman–Crippen LogP) is 3.31. The lowest BCUT2D eigenvalue weighted by Crippen LogP contribution is -2.40. The van der Waals surface area contributed by atoms with Gasteiger partial charge < -0.3 is 19.1 Å². The van der Waals surface area contributed by atoms with E-state index in [-0.39, 0.29) is 18.0 Å². The molecule has 168 valence electrons. The number of esters is 1. The SMILES string of the molecule is COC(=O)CC1c2cc(OC)c(OC)cc2CCN1C(=O)/C=C/c1cccc([N+](=O)[O-])c1. The summed E-state index contributed by atoms with van der Waals surface area (Å²) in [5.41, 5.74) is 2.22. The third-order valence-electron chi connectivity index (χ3n) is 5.37. The second-order valence-corrected chi connectivity index (χ2v) is 7.17. The molecule has 0 fully saturated rings. The first-order chi connectivity index (χ1) is 15.4. The average molecular weight is 440 g/mol. The van der Waals surface area contributed by atoms with Crippen molar-refractivity contribution >= 4 is 23.6 Å². The Balaban J connectivity index is 1.92. The first-order valence-electron chi connectivity index (χ1n) is 9.92. The van der Waals surface area contributed by atoms with Gasteiger partial charge in [0.25, 0.3) is 5.69 Å². The molecule has 1 amide bonds. The number of amides is 1. The molecular weight excluding hydrogens is 416 g/mol. The first-order valence-corrected chi connectivity index (χ1v) is 9.92. The number of nitrogens with zero attached hydrogens (tertiary/aromatic N) is 2. The molecule has 0 N–H and O–H groups in total. The van der Waals surface area contributed by atoms with Crippen LogP contribution in [-0.2, 0) is 20.7 Å². The summed E-state index contributed by atoms with van der Waals surface area (Å²) in [6.07, 6.45) is 3.43. The van der Waals surface area contributed by atoms with Crippen LogP contribution < -0.4 is 9.47 Å². The number of non-ortho nitro benzene ring substituents is 1. The number of fused-ring (bicyclic) bond motifs is 1. The molecule has 9 heteroatoms. The number of carbonyl (C=O) groups excluding carboxylic acids is 2. The van der Waals surface area contributed by atoms with Crippen molar-refractivity contribution in [3.05, 3.63) is 69.3 Å². The third kappa shape index (κ3) is 4.88. The Morgan fingerprint density at radius 2 is 1.88 bits per heavy atom. The second kappa shape index (κ2) is 9.95. The molecule has 2 aromatic rings. The van der Waals surface area contributed by atoms with Gasteiger partial charge in [0.15, 0.2) is 11.5 Å². The average Bonchev–Trinajstić information content (AvgIpc) is 2.81. The van der Waals surface area contributed by atoms with Crippen molar-refractivity contribution < 1.29 is 28.7 Å². The predicted molar refractivity (Wildman–Crippen MR) is 116 cm³/mol. The number of carbonyl (C=O) groups is 2. The minimum atomic E-state index is -0.548. The number of hydrogen-bond acceptors (Lipinski definition) is 7. The van der Waals surface area contributed by atoms with E-state index in [4.69, 9.17) is 14.2 Å². The van der Waals surface area contributed by atoms with Gasteiger partial charge >= 0.3 is 5.97 Å². The molecule has 9 nitrogen and oxygen atoms in total. The van der Waals surface area contributed by atoms with E-state index in [0.717, 1.165) is 11.1 Å². The van der Waals surface area contributed by atoms with Gasteiger partial charge in [-0.3, -0.25) is 19.7 Å². The number of benzene rings is 2. The highest BCUT2D eigenvalue weighted by atomic mass is 16.6. The molecule has 2 aromatic carbocycles. The number of ether oxygens (including phenoxy) is 3. The molecule has 0 spiro atoms. The summed E-state index contributed by atoms with van der Waals surface area (Å²) in [6.45, 7) is 0.391. The van der Waals surface area contributed by atoms with Crippen LogP contribution in [0.25, 0.3) is 6.08 Å². The maximum absolute atomic E-state index is 13.1. The molecule has 0 bridgehead atoms. The van der Waals surface area contributed by atoms with Crippen LogP contribution in [0.5, 0.6) is 11.5 Å². The normalized spacial score (nSPS) is 15.2. The smallest absolute Gasteiger partial charge is 0.307 e. The Kier molecular flexibility index (Phi) is 7.09. The van der Waals surface area contributed by atoms with Crippen LogP contribution in [0.4, 0.5) is 5.69 Å². The van der Waals surface area contributed by atoms with E-state index in [2.05, 4.69) is 0 Å².